The number of rotatable bonds is 5. The van der Waals surface area contributed by atoms with Gasteiger partial charge in [0.05, 0.1) is 30.6 Å². The molecule has 0 fully saturated rings. The Kier molecular flexibility index (Phi) is 5.71. The highest BCUT2D eigenvalue weighted by molar-refractivity contribution is 6.14. The number of hydrogen-bond donors (Lipinski definition) is 1. The average Bonchev–Trinajstić information content (AvgIpc) is 2.78. The molecule has 3 aromatic rings. The van der Waals surface area contributed by atoms with E-state index in [1.807, 2.05) is 0 Å². The SMILES string of the molecule is COC(=O)Cc1nccc2c(OCC(=O)N3c4ccc(F)cc4NC(=O)C3(C)C)cccc12. The van der Waals surface area contributed by atoms with Gasteiger partial charge in [-0.05, 0) is 44.2 Å². The first kappa shape index (κ1) is 22.2. The Labute approximate surface area is 189 Å². The van der Waals surface area contributed by atoms with E-state index in [4.69, 9.17) is 9.47 Å². The van der Waals surface area contributed by atoms with Gasteiger partial charge in [-0.25, -0.2) is 4.39 Å². The van der Waals surface area contributed by atoms with Crippen molar-refractivity contribution in [2.24, 2.45) is 0 Å². The molecule has 170 valence electrons. The number of carbonyl (C=O) groups is 3. The minimum atomic E-state index is -1.21. The standard InChI is InChI=1S/C24H22FN3O5/c1-24(2)23(31)27-18-11-14(25)7-8-19(18)28(24)21(29)13-33-20-6-4-5-15-16(20)9-10-26-17(15)12-22(30)32-3/h4-11H,12-13H2,1-3H3,(H,27,31). The highest BCUT2D eigenvalue weighted by Gasteiger charge is 2.43. The van der Waals surface area contributed by atoms with Gasteiger partial charge in [-0.3, -0.25) is 24.3 Å². The number of anilines is 2. The van der Waals surface area contributed by atoms with Crippen LogP contribution in [0.15, 0.2) is 48.7 Å². The summed E-state index contributed by atoms with van der Waals surface area (Å²) in [5.74, 6) is -1.42. The Morgan fingerprint density at radius 3 is 2.70 bits per heavy atom. The van der Waals surface area contributed by atoms with Crippen LogP contribution in [0.4, 0.5) is 15.8 Å². The first-order valence-corrected chi connectivity index (χ1v) is 10.2. The number of esters is 1. The van der Waals surface area contributed by atoms with Gasteiger partial charge >= 0.3 is 5.97 Å². The second-order valence-electron chi connectivity index (χ2n) is 8.05. The summed E-state index contributed by atoms with van der Waals surface area (Å²) >= 11 is 0. The molecule has 0 spiro atoms. The molecule has 8 nitrogen and oxygen atoms in total. The van der Waals surface area contributed by atoms with E-state index < -0.39 is 29.1 Å². The Balaban J connectivity index is 1.62. The molecule has 0 unspecified atom stereocenters. The lowest BCUT2D eigenvalue weighted by Gasteiger charge is -2.41. The number of benzene rings is 2. The number of pyridine rings is 1. The molecule has 2 heterocycles. The van der Waals surface area contributed by atoms with Crippen LogP contribution >= 0.6 is 0 Å². The van der Waals surface area contributed by atoms with E-state index in [0.29, 0.717) is 27.9 Å². The van der Waals surface area contributed by atoms with Crippen LogP contribution in [-0.4, -0.2) is 42.0 Å². The molecule has 0 radical (unpaired) electrons. The number of aromatic nitrogens is 1. The third kappa shape index (κ3) is 4.09. The number of nitrogens with zero attached hydrogens (tertiary/aromatic N) is 2. The minimum Gasteiger partial charge on any atom is -0.483 e. The van der Waals surface area contributed by atoms with Crippen molar-refractivity contribution >= 4 is 39.9 Å². The van der Waals surface area contributed by atoms with Crippen LogP contribution in [0.3, 0.4) is 0 Å². The maximum atomic E-state index is 13.7. The van der Waals surface area contributed by atoms with Crippen LogP contribution in [-0.2, 0) is 25.5 Å². The third-order valence-corrected chi connectivity index (χ3v) is 5.55. The normalized spacial score (nSPS) is 14.4. The summed E-state index contributed by atoms with van der Waals surface area (Å²) in [6, 6.07) is 10.8. The largest absolute Gasteiger partial charge is 0.483 e. The predicted octanol–water partition coefficient (Wildman–Crippen LogP) is 3.23. The molecule has 1 aliphatic heterocycles. The van der Waals surface area contributed by atoms with Gasteiger partial charge in [0, 0.05) is 17.0 Å². The van der Waals surface area contributed by atoms with Crippen LogP contribution in [0.25, 0.3) is 10.8 Å². The van der Waals surface area contributed by atoms with E-state index in [9.17, 15) is 18.8 Å². The zero-order valence-electron chi connectivity index (χ0n) is 18.3. The molecule has 0 saturated carbocycles. The fourth-order valence-corrected chi connectivity index (χ4v) is 3.85. The van der Waals surface area contributed by atoms with E-state index in [1.165, 1.54) is 30.2 Å². The van der Waals surface area contributed by atoms with Crippen LogP contribution in [0.2, 0.25) is 0 Å². The van der Waals surface area contributed by atoms with E-state index in [2.05, 4.69) is 10.3 Å². The number of nitrogens with one attached hydrogen (secondary N) is 1. The zero-order valence-corrected chi connectivity index (χ0v) is 18.3. The second kappa shape index (κ2) is 8.50. The van der Waals surface area contributed by atoms with Gasteiger partial charge in [-0.15, -0.1) is 0 Å². The van der Waals surface area contributed by atoms with Crippen LogP contribution in [0.5, 0.6) is 5.75 Å². The number of hydrogen-bond acceptors (Lipinski definition) is 6. The number of ether oxygens (including phenoxy) is 2. The lowest BCUT2D eigenvalue weighted by Crippen LogP contribution is -2.59. The van der Waals surface area contributed by atoms with Crippen molar-refractivity contribution in [3.05, 3.63) is 60.2 Å². The number of fused-ring (bicyclic) bond motifs is 2. The van der Waals surface area contributed by atoms with E-state index in [1.54, 1.807) is 44.3 Å². The topological polar surface area (TPSA) is 97.8 Å². The summed E-state index contributed by atoms with van der Waals surface area (Å²) < 4.78 is 24.3. The van der Waals surface area contributed by atoms with Crippen molar-refractivity contribution in [1.29, 1.82) is 0 Å². The van der Waals surface area contributed by atoms with Gasteiger partial charge in [-0.1, -0.05) is 12.1 Å². The molecular formula is C24H22FN3O5. The smallest absolute Gasteiger partial charge is 0.311 e. The number of carbonyl (C=O) groups excluding carboxylic acids is 3. The number of amides is 2. The van der Waals surface area contributed by atoms with Crippen molar-refractivity contribution in [1.82, 2.24) is 4.98 Å². The molecule has 4 rings (SSSR count). The lowest BCUT2D eigenvalue weighted by atomic mass is 9.96. The molecule has 2 aromatic carbocycles. The summed E-state index contributed by atoms with van der Waals surface area (Å²) in [5.41, 5.74) is -0.0730. The Morgan fingerprint density at radius 2 is 1.94 bits per heavy atom. The fourth-order valence-electron chi connectivity index (χ4n) is 3.85. The first-order chi connectivity index (χ1) is 15.7. The Bertz CT molecular complexity index is 1270. The summed E-state index contributed by atoms with van der Waals surface area (Å²) in [6.45, 7) is 2.85. The molecule has 1 N–H and O–H groups in total. The second-order valence-corrected chi connectivity index (χ2v) is 8.05. The molecular weight excluding hydrogens is 429 g/mol. The summed E-state index contributed by atoms with van der Waals surface area (Å²) in [7, 11) is 1.31. The average molecular weight is 451 g/mol. The van der Waals surface area contributed by atoms with E-state index >= 15 is 0 Å². The molecule has 33 heavy (non-hydrogen) atoms. The van der Waals surface area contributed by atoms with Crippen molar-refractivity contribution < 1.29 is 28.2 Å². The molecule has 0 atom stereocenters. The van der Waals surface area contributed by atoms with Gasteiger partial charge in [0.2, 0.25) is 5.91 Å². The maximum Gasteiger partial charge on any atom is 0.311 e. The summed E-state index contributed by atoms with van der Waals surface area (Å²) in [4.78, 5) is 43.1. The van der Waals surface area contributed by atoms with Crippen molar-refractivity contribution in [3.8, 4) is 5.75 Å². The molecule has 2 amide bonds. The van der Waals surface area contributed by atoms with Gasteiger partial charge in [0.15, 0.2) is 6.61 Å². The summed E-state index contributed by atoms with van der Waals surface area (Å²) in [6.07, 6.45) is 1.55. The van der Waals surface area contributed by atoms with Gasteiger partial charge < -0.3 is 14.8 Å². The maximum absolute atomic E-state index is 13.7. The Morgan fingerprint density at radius 1 is 1.15 bits per heavy atom. The zero-order chi connectivity index (χ0) is 23.8. The van der Waals surface area contributed by atoms with Gasteiger partial charge in [-0.2, -0.15) is 0 Å². The van der Waals surface area contributed by atoms with Gasteiger partial charge in [0.25, 0.3) is 5.91 Å². The lowest BCUT2D eigenvalue weighted by molar-refractivity contribution is -0.139. The first-order valence-electron chi connectivity index (χ1n) is 10.2. The monoisotopic (exact) mass is 451 g/mol. The Hall–Kier alpha value is -4.01. The van der Waals surface area contributed by atoms with Crippen LogP contribution < -0.4 is 15.0 Å². The van der Waals surface area contributed by atoms with Crippen LogP contribution in [0, 0.1) is 5.82 Å². The summed E-state index contributed by atoms with van der Waals surface area (Å²) in [5, 5.41) is 4.02. The third-order valence-electron chi connectivity index (χ3n) is 5.55. The number of methoxy groups -OCH3 is 1. The molecule has 9 heteroatoms. The molecule has 1 aliphatic rings. The van der Waals surface area contributed by atoms with E-state index in [0.717, 1.165) is 0 Å². The molecule has 0 bridgehead atoms. The predicted molar refractivity (Wildman–Crippen MR) is 120 cm³/mol. The molecule has 1 aromatic heterocycles. The molecule has 0 aliphatic carbocycles. The van der Waals surface area contributed by atoms with Gasteiger partial charge in [0.1, 0.15) is 17.1 Å². The highest BCUT2D eigenvalue weighted by Crippen LogP contribution is 2.37. The van der Waals surface area contributed by atoms with Crippen molar-refractivity contribution in [2.45, 2.75) is 25.8 Å². The quantitative estimate of drug-likeness (QED) is 0.598. The van der Waals surface area contributed by atoms with Crippen LogP contribution in [0.1, 0.15) is 19.5 Å². The van der Waals surface area contributed by atoms with Crippen molar-refractivity contribution in [3.63, 3.8) is 0 Å². The number of halogens is 1. The minimum absolute atomic E-state index is 0.000641. The highest BCUT2D eigenvalue weighted by atomic mass is 19.1. The van der Waals surface area contributed by atoms with Crippen molar-refractivity contribution in [2.75, 3.05) is 23.9 Å². The van der Waals surface area contributed by atoms with E-state index in [-0.39, 0.29) is 18.7 Å². The molecule has 0 saturated heterocycles. The fraction of sp³-hybridized carbons (Fsp3) is 0.250.